The number of carbonyl (C=O) groups excluding carboxylic acids is 1. The van der Waals surface area contributed by atoms with Gasteiger partial charge in [0.25, 0.3) is 5.91 Å². The van der Waals surface area contributed by atoms with Gasteiger partial charge in [0.1, 0.15) is 9.88 Å². The van der Waals surface area contributed by atoms with Crippen molar-refractivity contribution in [2.45, 2.75) is 13.1 Å². The van der Waals surface area contributed by atoms with Crippen LogP contribution in [0.25, 0.3) is 10.7 Å². The van der Waals surface area contributed by atoms with Gasteiger partial charge >= 0.3 is 6.18 Å². The second-order valence-corrected chi connectivity index (χ2v) is 6.18. The SMILES string of the molecule is Cc1nc(-c2ccccn2)sc1C(=O)Nc1cccc(C(F)(F)F)c1. The van der Waals surface area contributed by atoms with Gasteiger partial charge in [0.05, 0.1) is 17.0 Å². The lowest BCUT2D eigenvalue weighted by Crippen LogP contribution is -2.13. The number of rotatable bonds is 3. The van der Waals surface area contributed by atoms with Crippen molar-refractivity contribution in [2.75, 3.05) is 5.32 Å². The van der Waals surface area contributed by atoms with Crippen LogP contribution in [0.15, 0.2) is 48.7 Å². The molecular formula is C17H12F3N3OS. The highest BCUT2D eigenvalue weighted by Crippen LogP contribution is 2.31. The first-order valence-electron chi connectivity index (χ1n) is 7.22. The first-order chi connectivity index (χ1) is 11.8. The van der Waals surface area contributed by atoms with E-state index in [9.17, 15) is 18.0 Å². The Morgan fingerprint density at radius 3 is 2.64 bits per heavy atom. The number of pyridine rings is 1. The average molecular weight is 363 g/mol. The summed E-state index contributed by atoms with van der Waals surface area (Å²) in [7, 11) is 0. The smallest absolute Gasteiger partial charge is 0.321 e. The maximum Gasteiger partial charge on any atom is 0.416 e. The number of aromatic nitrogens is 2. The number of hydrogen-bond donors (Lipinski definition) is 1. The third-order valence-electron chi connectivity index (χ3n) is 3.33. The molecule has 0 aliphatic rings. The van der Waals surface area contributed by atoms with Crippen LogP contribution in [0.5, 0.6) is 0 Å². The van der Waals surface area contributed by atoms with Crippen LogP contribution in [0.1, 0.15) is 20.9 Å². The number of anilines is 1. The molecular weight excluding hydrogens is 351 g/mol. The number of aryl methyl sites for hydroxylation is 1. The second-order valence-electron chi connectivity index (χ2n) is 5.18. The zero-order valence-corrected chi connectivity index (χ0v) is 13.8. The number of nitrogens with zero attached hydrogens (tertiary/aromatic N) is 2. The average Bonchev–Trinajstić information content (AvgIpc) is 2.97. The molecule has 3 aromatic rings. The van der Waals surface area contributed by atoms with E-state index in [4.69, 9.17) is 0 Å². The van der Waals surface area contributed by atoms with E-state index in [-0.39, 0.29) is 5.69 Å². The summed E-state index contributed by atoms with van der Waals surface area (Å²) in [4.78, 5) is 21.2. The summed E-state index contributed by atoms with van der Waals surface area (Å²) in [5, 5.41) is 3.06. The number of amides is 1. The molecule has 0 spiro atoms. The molecule has 3 rings (SSSR count). The molecule has 25 heavy (non-hydrogen) atoms. The number of alkyl halides is 3. The number of hydrogen-bond acceptors (Lipinski definition) is 4. The largest absolute Gasteiger partial charge is 0.416 e. The number of thiazole rings is 1. The van der Waals surface area contributed by atoms with Crippen LogP contribution in [0.3, 0.4) is 0 Å². The van der Waals surface area contributed by atoms with E-state index in [1.165, 1.54) is 12.1 Å². The number of halogens is 3. The predicted octanol–water partition coefficient (Wildman–Crippen LogP) is 4.78. The topological polar surface area (TPSA) is 54.9 Å². The van der Waals surface area contributed by atoms with Gasteiger partial charge in [-0.25, -0.2) is 4.98 Å². The van der Waals surface area contributed by atoms with E-state index in [0.717, 1.165) is 23.5 Å². The predicted molar refractivity (Wildman–Crippen MR) is 89.5 cm³/mol. The highest BCUT2D eigenvalue weighted by atomic mass is 32.1. The first kappa shape index (κ1) is 17.1. The lowest BCUT2D eigenvalue weighted by atomic mass is 10.2. The molecule has 0 atom stereocenters. The normalized spacial score (nSPS) is 11.4. The third kappa shape index (κ3) is 3.85. The van der Waals surface area contributed by atoms with E-state index >= 15 is 0 Å². The van der Waals surface area contributed by atoms with Gasteiger partial charge in [0, 0.05) is 11.9 Å². The molecule has 128 valence electrons. The van der Waals surface area contributed by atoms with Gasteiger partial charge in [0.2, 0.25) is 0 Å². The molecule has 0 radical (unpaired) electrons. The highest BCUT2D eigenvalue weighted by molar-refractivity contribution is 7.17. The molecule has 4 nitrogen and oxygen atoms in total. The first-order valence-corrected chi connectivity index (χ1v) is 8.03. The molecule has 0 fully saturated rings. The Labute approximate surface area is 145 Å². The van der Waals surface area contributed by atoms with Crippen LogP contribution in [0.2, 0.25) is 0 Å². The van der Waals surface area contributed by atoms with E-state index in [1.54, 1.807) is 31.3 Å². The number of benzene rings is 1. The molecule has 2 aromatic heterocycles. The summed E-state index contributed by atoms with van der Waals surface area (Å²) in [5.41, 5.74) is 0.386. The zero-order chi connectivity index (χ0) is 18.0. The molecule has 0 bridgehead atoms. The minimum absolute atomic E-state index is 0.0759. The van der Waals surface area contributed by atoms with Crippen LogP contribution < -0.4 is 5.32 Å². The van der Waals surface area contributed by atoms with Gasteiger partial charge in [0.15, 0.2) is 0 Å². The molecule has 1 amide bonds. The maximum absolute atomic E-state index is 12.8. The molecule has 0 unspecified atom stereocenters. The van der Waals surface area contributed by atoms with Gasteiger partial charge in [-0.15, -0.1) is 11.3 Å². The quantitative estimate of drug-likeness (QED) is 0.728. The number of nitrogens with one attached hydrogen (secondary N) is 1. The van der Waals surface area contributed by atoms with Crippen LogP contribution >= 0.6 is 11.3 Å². The van der Waals surface area contributed by atoms with Crippen molar-refractivity contribution in [3.63, 3.8) is 0 Å². The summed E-state index contributed by atoms with van der Waals surface area (Å²) < 4.78 is 38.3. The maximum atomic E-state index is 12.8. The summed E-state index contributed by atoms with van der Waals surface area (Å²) in [6, 6.07) is 9.85. The van der Waals surface area contributed by atoms with Crippen molar-refractivity contribution < 1.29 is 18.0 Å². The van der Waals surface area contributed by atoms with Crippen molar-refractivity contribution in [3.05, 3.63) is 64.8 Å². The number of carbonyl (C=O) groups is 1. The molecule has 0 saturated heterocycles. The van der Waals surface area contributed by atoms with Gasteiger partial charge in [-0.2, -0.15) is 13.2 Å². The fraction of sp³-hybridized carbons (Fsp3) is 0.118. The standard InChI is InChI=1S/C17H12F3N3OS/c1-10-14(25-16(22-10)13-7-2-3-8-21-13)15(24)23-12-6-4-5-11(9-12)17(18,19)20/h2-9H,1H3,(H,23,24). The minimum atomic E-state index is -4.46. The van der Waals surface area contributed by atoms with Crippen molar-refractivity contribution in [1.82, 2.24) is 9.97 Å². The lowest BCUT2D eigenvalue weighted by Gasteiger charge is -2.09. The van der Waals surface area contributed by atoms with E-state index in [0.29, 0.717) is 21.3 Å². The molecule has 0 saturated carbocycles. The van der Waals surface area contributed by atoms with Gasteiger partial charge < -0.3 is 5.32 Å². The fourth-order valence-corrected chi connectivity index (χ4v) is 3.11. The summed E-state index contributed by atoms with van der Waals surface area (Å²) in [6.07, 6.45) is -2.85. The van der Waals surface area contributed by atoms with Crippen molar-refractivity contribution in [1.29, 1.82) is 0 Å². The molecule has 8 heteroatoms. The van der Waals surface area contributed by atoms with Crippen LogP contribution in [-0.4, -0.2) is 15.9 Å². The summed E-state index contributed by atoms with van der Waals surface area (Å²) >= 11 is 1.14. The van der Waals surface area contributed by atoms with E-state index < -0.39 is 17.6 Å². The van der Waals surface area contributed by atoms with Crippen LogP contribution in [0.4, 0.5) is 18.9 Å². The van der Waals surface area contributed by atoms with Gasteiger partial charge in [-0.1, -0.05) is 12.1 Å². The van der Waals surface area contributed by atoms with E-state index in [2.05, 4.69) is 15.3 Å². The Kier molecular flexibility index (Phi) is 4.54. The Morgan fingerprint density at radius 2 is 1.96 bits per heavy atom. The van der Waals surface area contributed by atoms with Gasteiger partial charge in [-0.05, 0) is 37.3 Å². The monoisotopic (exact) mass is 363 g/mol. The second kappa shape index (κ2) is 6.64. The van der Waals surface area contributed by atoms with E-state index in [1.807, 2.05) is 0 Å². The Hall–Kier alpha value is -2.74. The Morgan fingerprint density at radius 1 is 1.16 bits per heavy atom. The molecule has 2 heterocycles. The van der Waals surface area contributed by atoms with Crippen molar-refractivity contribution in [3.8, 4) is 10.7 Å². The molecule has 0 aliphatic heterocycles. The molecule has 1 aromatic carbocycles. The Balaban J connectivity index is 1.84. The van der Waals surface area contributed by atoms with Crippen LogP contribution in [-0.2, 0) is 6.18 Å². The Bertz CT molecular complexity index is 907. The zero-order valence-electron chi connectivity index (χ0n) is 13.0. The summed E-state index contributed by atoms with van der Waals surface area (Å²) in [6.45, 7) is 1.67. The minimum Gasteiger partial charge on any atom is -0.321 e. The fourth-order valence-electron chi connectivity index (χ4n) is 2.17. The highest BCUT2D eigenvalue weighted by Gasteiger charge is 2.30. The van der Waals surface area contributed by atoms with Crippen molar-refractivity contribution in [2.24, 2.45) is 0 Å². The molecule has 0 aliphatic carbocycles. The van der Waals surface area contributed by atoms with Gasteiger partial charge in [-0.3, -0.25) is 9.78 Å². The lowest BCUT2D eigenvalue weighted by molar-refractivity contribution is -0.137. The third-order valence-corrected chi connectivity index (χ3v) is 4.51. The van der Waals surface area contributed by atoms with Crippen LogP contribution in [0, 0.1) is 6.92 Å². The summed E-state index contributed by atoms with van der Waals surface area (Å²) in [5.74, 6) is -0.503. The van der Waals surface area contributed by atoms with Crippen molar-refractivity contribution >= 4 is 22.9 Å². The molecule has 1 N–H and O–H groups in total.